The fraction of sp³-hybridized carbons (Fsp3) is 0. The molecule has 0 amide bonds. The monoisotopic (exact) mass is 1060 g/mol. The van der Waals surface area contributed by atoms with Gasteiger partial charge in [0.25, 0.3) is 0 Å². The van der Waals surface area contributed by atoms with E-state index in [1.165, 1.54) is 0 Å². The minimum atomic E-state index is -4.53. The van der Waals surface area contributed by atoms with Crippen molar-refractivity contribution in [1.82, 2.24) is 19.9 Å². The molecule has 74 heavy (non-hydrogen) atoms. The van der Waals surface area contributed by atoms with Crippen molar-refractivity contribution < 1.29 is 15.5 Å². The topological polar surface area (TPSA) is 51.6 Å². The fourth-order valence-electron chi connectivity index (χ4n) is 9.75. The van der Waals surface area contributed by atoms with Crippen molar-refractivity contribution >= 4 is 26.6 Å². The zero-order valence-electron chi connectivity index (χ0n) is 40.5. The molecule has 4 aromatic heterocycles. The first-order valence-corrected chi connectivity index (χ1v) is 27.4. The molecule has 0 bridgehead atoms. The Morgan fingerprint density at radius 1 is 0.189 bits per heavy atom. The van der Waals surface area contributed by atoms with Crippen molar-refractivity contribution in [2.24, 2.45) is 0 Å². The number of aromatic nitrogens is 4. The molecule has 0 aliphatic rings. The zero-order chi connectivity index (χ0) is 48.8. The van der Waals surface area contributed by atoms with E-state index in [0.717, 1.165) is 106 Å². The molecule has 12 aromatic rings. The molecule has 1 atom stereocenters. The van der Waals surface area contributed by atoms with Gasteiger partial charge in [0.05, 0.1) is 0 Å². The van der Waals surface area contributed by atoms with E-state index in [-0.39, 0.29) is 9.90 Å². The first-order chi connectivity index (χ1) is 36.3. The van der Waals surface area contributed by atoms with Crippen LogP contribution < -0.4 is 16.7 Å². The summed E-state index contributed by atoms with van der Waals surface area (Å²) >= 11 is -4.53. The van der Waals surface area contributed by atoms with Crippen molar-refractivity contribution in [2.75, 3.05) is 0 Å². The summed E-state index contributed by atoms with van der Waals surface area (Å²) in [6.07, 6.45) is 8.02. The van der Waals surface area contributed by atoms with Crippen LogP contribution in [0.2, 0.25) is 0 Å². The summed E-state index contributed by atoms with van der Waals surface area (Å²) in [5, 5.41) is 0. The van der Waals surface area contributed by atoms with E-state index in [2.05, 4.69) is 267 Å². The number of rotatable bonds is 12. The number of nitrogens with zero attached hydrogens (tertiary/aromatic N) is 4. The van der Waals surface area contributed by atoms with E-state index < -0.39 is 15.5 Å². The van der Waals surface area contributed by atoms with Gasteiger partial charge in [-0.05, 0) is 0 Å². The van der Waals surface area contributed by atoms with E-state index >= 15 is 0 Å². The van der Waals surface area contributed by atoms with Gasteiger partial charge in [0.15, 0.2) is 0 Å². The molecular weight excluding hydrogens is 1010 g/mol. The van der Waals surface area contributed by atoms with Crippen LogP contribution in [0.1, 0.15) is 0 Å². The third-order valence-electron chi connectivity index (χ3n) is 13.0. The van der Waals surface area contributed by atoms with Crippen LogP contribution in [-0.4, -0.2) is 19.9 Å². The van der Waals surface area contributed by atoms with Crippen LogP contribution in [0.5, 0.6) is 0 Å². The number of hydrogen-bond donors (Lipinski definition) is 0. The van der Waals surface area contributed by atoms with E-state index in [9.17, 15) is 0 Å². The Kier molecular flexibility index (Phi) is 14.0. The predicted octanol–water partition coefficient (Wildman–Crippen LogP) is 14.4. The fourth-order valence-corrected chi connectivity index (χ4v) is 17.6. The second-order valence-corrected chi connectivity index (χ2v) is 22.7. The molecule has 0 spiro atoms. The Bertz CT molecular complexity index is 3300. The molecule has 358 valence electrons. The Hall–Kier alpha value is -8.55. The summed E-state index contributed by atoms with van der Waals surface area (Å²) in [5.41, 5.74) is 16.7. The summed E-state index contributed by atoms with van der Waals surface area (Å²) in [5.74, 6) is 0. The Morgan fingerprint density at radius 2 is 0.351 bits per heavy atom. The van der Waals surface area contributed by atoms with Crippen molar-refractivity contribution in [3.8, 4) is 89.0 Å². The first kappa shape index (κ1) is 47.8. The first-order valence-electron chi connectivity index (χ1n) is 24.3. The summed E-state index contributed by atoms with van der Waals surface area (Å²) < 4.78 is 3.54. The summed E-state index contributed by atoms with van der Waals surface area (Å²) in [4.78, 5) is 23.6. The van der Waals surface area contributed by atoms with E-state index in [4.69, 9.17) is 19.9 Å². The number of pyridine rings is 4. The average Bonchev–Trinajstić information content (AvgIpc) is 3.51. The molecule has 0 aliphatic carbocycles. The molecule has 0 aliphatic heterocycles. The Morgan fingerprint density at radius 3 is 0.527 bits per heavy atom. The second-order valence-electron chi connectivity index (χ2n) is 17.4. The average molecular weight is 1060 g/mol. The molecule has 0 radical (unpaired) electrons. The molecule has 6 heteroatoms. The van der Waals surface area contributed by atoms with Crippen LogP contribution in [0.25, 0.3) is 89.0 Å². The normalized spacial score (nSPS) is 11.4. The van der Waals surface area contributed by atoms with Gasteiger partial charge in [-0.1, -0.05) is 0 Å². The van der Waals surface area contributed by atoms with Crippen LogP contribution in [0.15, 0.2) is 292 Å². The molecule has 4 heterocycles. The molecule has 1 unspecified atom stereocenters. The number of hydrogen-bond acceptors (Lipinski definition) is 4. The standard InChI is InChI=1S/4C17H12N.H3P.Pd/c4*1-3-7-14(8-4-1)16-11-12-18-13-17(16)15-9-5-2-6-10-15;;/h4*1-12H;1H3;. The van der Waals surface area contributed by atoms with E-state index in [1.54, 1.807) is 0 Å². The maximum absolute atomic E-state index is 5.90. The molecule has 12 rings (SSSR count). The van der Waals surface area contributed by atoms with Gasteiger partial charge < -0.3 is 0 Å². The van der Waals surface area contributed by atoms with Crippen molar-refractivity contribution in [2.45, 2.75) is 0 Å². The van der Waals surface area contributed by atoms with Gasteiger partial charge in [0, 0.05) is 0 Å². The summed E-state index contributed by atoms with van der Waals surface area (Å²) in [7, 11) is 0. The predicted molar refractivity (Wildman–Crippen MR) is 310 cm³/mol. The molecular formula is C68H51N4PPd. The maximum atomic E-state index is 5.90. The third-order valence-corrected chi connectivity index (χ3v) is 19.8. The summed E-state index contributed by atoms with van der Waals surface area (Å²) in [6, 6.07) is 94.7. The zero-order valence-corrected chi connectivity index (χ0v) is 43.5. The van der Waals surface area contributed by atoms with E-state index in [0.29, 0.717) is 0 Å². The van der Waals surface area contributed by atoms with Crippen LogP contribution in [-0.2, 0) is 15.5 Å². The molecule has 0 N–H and O–H groups in total. The van der Waals surface area contributed by atoms with Gasteiger partial charge in [0.2, 0.25) is 0 Å². The van der Waals surface area contributed by atoms with Gasteiger partial charge in [-0.2, -0.15) is 9.90 Å². The SMILES string of the molecule is P.c1ccc(-c2ccn[c]([Pd]([c]3nccc(-c4ccccc4)c3-c3ccccc3)([c]3nccc(-c4ccccc4)c3-c3ccccc3)[c]3nccc(-c4ccccc4)c3-c3ccccc3)c2-c2ccccc2)cc1. The van der Waals surface area contributed by atoms with Gasteiger partial charge in [-0.25, -0.2) is 0 Å². The Labute approximate surface area is 439 Å². The van der Waals surface area contributed by atoms with Gasteiger partial charge >= 0.3 is 433 Å². The van der Waals surface area contributed by atoms with E-state index in [1.807, 2.05) is 24.8 Å². The quantitative estimate of drug-likeness (QED) is 0.0904. The minimum absolute atomic E-state index is 0. The van der Waals surface area contributed by atoms with Gasteiger partial charge in [-0.15, -0.1) is 0 Å². The number of benzene rings is 8. The van der Waals surface area contributed by atoms with Crippen LogP contribution >= 0.6 is 9.90 Å². The van der Waals surface area contributed by atoms with Crippen molar-refractivity contribution in [3.63, 3.8) is 0 Å². The molecule has 8 aromatic carbocycles. The van der Waals surface area contributed by atoms with Crippen molar-refractivity contribution in [3.05, 3.63) is 292 Å². The van der Waals surface area contributed by atoms with Crippen LogP contribution in [0, 0.1) is 0 Å². The van der Waals surface area contributed by atoms with Crippen LogP contribution in [0.4, 0.5) is 0 Å². The summed E-state index contributed by atoms with van der Waals surface area (Å²) in [6.45, 7) is 0. The van der Waals surface area contributed by atoms with Crippen molar-refractivity contribution in [1.29, 1.82) is 0 Å². The second kappa shape index (κ2) is 21.7. The third kappa shape index (κ3) is 8.83. The van der Waals surface area contributed by atoms with Gasteiger partial charge in [0.1, 0.15) is 0 Å². The molecule has 4 nitrogen and oxygen atoms in total. The Balaban J connectivity index is 0.00000588. The van der Waals surface area contributed by atoms with Crippen LogP contribution in [0.3, 0.4) is 0 Å². The molecule has 0 fully saturated rings. The molecule has 0 saturated heterocycles. The molecule has 0 saturated carbocycles. The van der Waals surface area contributed by atoms with Gasteiger partial charge in [-0.3, -0.25) is 0 Å².